The van der Waals surface area contributed by atoms with Gasteiger partial charge in [0.2, 0.25) is 5.91 Å². The number of likely N-dealkylation sites (tertiary alicyclic amines) is 1. The normalized spacial score (nSPS) is 18.0. The van der Waals surface area contributed by atoms with Crippen LogP contribution in [-0.4, -0.2) is 35.3 Å². The fourth-order valence-electron chi connectivity index (χ4n) is 3.25. The maximum absolute atomic E-state index is 12.8. The van der Waals surface area contributed by atoms with Crippen molar-refractivity contribution in [2.45, 2.75) is 38.3 Å². The molecule has 2 amide bonds. The minimum Gasteiger partial charge on any atom is -0.469 e. The summed E-state index contributed by atoms with van der Waals surface area (Å²) in [7, 11) is 0. The number of hydrogen-bond acceptors (Lipinski definition) is 3. The van der Waals surface area contributed by atoms with Crippen molar-refractivity contribution in [2.24, 2.45) is 0 Å². The first-order valence-electron chi connectivity index (χ1n) is 8.54. The van der Waals surface area contributed by atoms with Crippen LogP contribution in [0.15, 0.2) is 41.0 Å². The summed E-state index contributed by atoms with van der Waals surface area (Å²) in [6.07, 6.45) is 3.63. The molecule has 2 unspecified atom stereocenters. The maximum atomic E-state index is 12.8. The van der Waals surface area contributed by atoms with Crippen molar-refractivity contribution in [3.05, 3.63) is 58.0 Å². The van der Waals surface area contributed by atoms with E-state index in [0.29, 0.717) is 35.0 Å². The molecule has 7 heteroatoms. The molecule has 1 fully saturated rings. The standard InChI is InChI=1S/C19H20Cl2N2O3/c1-12(8-16-4-3-7-26-16)22-18(24)17-5-2-6-23(17)19(25)13-9-14(20)11-15(21)10-13/h3-4,7,9-12,17H,2,5-6,8H2,1H3,(H,22,24). The van der Waals surface area contributed by atoms with E-state index in [1.807, 2.05) is 19.1 Å². The Morgan fingerprint density at radius 3 is 2.69 bits per heavy atom. The number of nitrogens with zero attached hydrogens (tertiary/aromatic N) is 1. The largest absolute Gasteiger partial charge is 0.469 e. The lowest BCUT2D eigenvalue weighted by atomic mass is 10.1. The smallest absolute Gasteiger partial charge is 0.254 e. The van der Waals surface area contributed by atoms with Crippen molar-refractivity contribution in [1.29, 1.82) is 0 Å². The third-order valence-electron chi connectivity index (χ3n) is 4.40. The van der Waals surface area contributed by atoms with Crippen molar-refractivity contribution in [3.63, 3.8) is 0 Å². The molecule has 0 saturated carbocycles. The summed E-state index contributed by atoms with van der Waals surface area (Å²) in [6, 6.07) is 7.83. The van der Waals surface area contributed by atoms with Gasteiger partial charge in [-0.3, -0.25) is 9.59 Å². The minimum atomic E-state index is -0.487. The number of hydrogen-bond donors (Lipinski definition) is 1. The van der Waals surface area contributed by atoms with E-state index in [9.17, 15) is 9.59 Å². The Balaban J connectivity index is 1.66. The second-order valence-corrected chi connectivity index (χ2v) is 7.38. The molecule has 138 valence electrons. The highest BCUT2D eigenvalue weighted by molar-refractivity contribution is 6.35. The van der Waals surface area contributed by atoms with Crippen LogP contribution in [-0.2, 0) is 11.2 Å². The summed E-state index contributed by atoms with van der Waals surface area (Å²) >= 11 is 12.0. The molecule has 2 heterocycles. The Morgan fingerprint density at radius 1 is 1.31 bits per heavy atom. The molecule has 1 aliphatic rings. The van der Waals surface area contributed by atoms with E-state index >= 15 is 0 Å². The molecule has 2 aromatic rings. The first-order chi connectivity index (χ1) is 12.4. The molecule has 1 N–H and O–H groups in total. The van der Waals surface area contributed by atoms with Crippen LogP contribution in [0.25, 0.3) is 0 Å². The Morgan fingerprint density at radius 2 is 2.04 bits per heavy atom. The van der Waals surface area contributed by atoms with Crippen LogP contribution in [0.4, 0.5) is 0 Å². The molecule has 0 radical (unpaired) electrons. The first kappa shape index (κ1) is 18.8. The third-order valence-corrected chi connectivity index (χ3v) is 4.84. The molecular formula is C19H20Cl2N2O3. The zero-order chi connectivity index (χ0) is 18.7. The van der Waals surface area contributed by atoms with Crippen molar-refractivity contribution in [1.82, 2.24) is 10.2 Å². The van der Waals surface area contributed by atoms with Gasteiger partial charge in [-0.1, -0.05) is 23.2 Å². The Hall–Kier alpha value is -1.98. The summed E-state index contributed by atoms with van der Waals surface area (Å²) in [6.45, 7) is 2.45. The molecule has 0 bridgehead atoms. The highest BCUT2D eigenvalue weighted by atomic mass is 35.5. The molecule has 1 aromatic carbocycles. The number of furan rings is 1. The fraction of sp³-hybridized carbons (Fsp3) is 0.368. The van der Waals surface area contributed by atoms with Crippen LogP contribution >= 0.6 is 23.2 Å². The number of carbonyl (C=O) groups excluding carboxylic acids is 2. The highest BCUT2D eigenvalue weighted by Gasteiger charge is 2.35. The number of nitrogens with one attached hydrogen (secondary N) is 1. The molecule has 5 nitrogen and oxygen atoms in total. The zero-order valence-corrected chi connectivity index (χ0v) is 15.9. The molecule has 0 aliphatic carbocycles. The van der Waals surface area contributed by atoms with Crippen molar-refractivity contribution < 1.29 is 14.0 Å². The molecule has 3 rings (SSSR count). The van der Waals surface area contributed by atoms with Gasteiger partial charge in [-0.05, 0) is 50.1 Å². The number of benzene rings is 1. The highest BCUT2D eigenvalue weighted by Crippen LogP contribution is 2.24. The second kappa shape index (κ2) is 8.14. The van der Waals surface area contributed by atoms with E-state index in [1.165, 1.54) is 0 Å². The van der Waals surface area contributed by atoms with E-state index in [4.69, 9.17) is 27.6 Å². The van der Waals surface area contributed by atoms with Gasteiger partial charge in [0.05, 0.1) is 6.26 Å². The monoisotopic (exact) mass is 394 g/mol. The average molecular weight is 395 g/mol. The molecule has 2 atom stereocenters. The van der Waals surface area contributed by atoms with Gasteiger partial charge in [0.15, 0.2) is 0 Å². The van der Waals surface area contributed by atoms with Crippen LogP contribution < -0.4 is 5.32 Å². The number of carbonyl (C=O) groups is 2. The van der Waals surface area contributed by atoms with Crippen molar-refractivity contribution >= 4 is 35.0 Å². The van der Waals surface area contributed by atoms with Gasteiger partial charge in [-0.25, -0.2) is 0 Å². The lowest BCUT2D eigenvalue weighted by Crippen LogP contribution is -2.48. The number of halogens is 2. The molecule has 0 spiro atoms. The maximum Gasteiger partial charge on any atom is 0.254 e. The molecule has 1 aliphatic heterocycles. The van der Waals surface area contributed by atoms with E-state index in [0.717, 1.165) is 12.2 Å². The zero-order valence-electron chi connectivity index (χ0n) is 14.4. The van der Waals surface area contributed by atoms with Gasteiger partial charge in [-0.2, -0.15) is 0 Å². The lowest BCUT2D eigenvalue weighted by Gasteiger charge is -2.25. The van der Waals surface area contributed by atoms with Gasteiger partial charge in [-0.15, -0.1) is 0 Å². The van der Waals surface area contributed by atoms with E-state index in [1.54, 1.807) is 29.4 Å². The quantitative estimate of drug-likeness (QED) is 0.834. The van der Waals surface area contributed by atoms with Gasteiger partial charge in [0, 0.05) is 34.6 Å². The van der Waals surface area contributed by atoms with Crippen LogP contribution in [0.1, 0.15) is 35.9 Å². The summed E-state index contributed by atoms with van der Waals surface area (Å²) in [5, 5.41) is 3.77. The Bertz CT molecular complexity index is 772. The minimum absolute atomic E-state index is 0.0909. The molecule has 1 saturated heterocycles. The third kappa shape index (κ3) is 4.40. The van der Waals surface area contributed by atoms with Crippen molar-refractivity contribution in [3.8, 4) is 0 Å². The predicted molar refractivity (Wildman–Crippen MR) is 101 cm³/mol. The topological polar surface area (TPSA) is 62.6 Å². The van der Waals surface area contributed by atoms with Crippen LogP contribution in [0.5, 0.6) is 0 Å². The molecule has 26 heavy (non-hydrogen) atoms. The first-order valence-corrected chi connectivity index (χ1v) is 9.29. The average Bonchev–Trinajstić information content (AvgIpc) is 3.24. The van der Waals surface area contributed by atoms with Crippen molar-refractivity contribution in [2.75, 3.05) is 6.54 Å². The summed E-state index contributed by atoms with van der Waals surface area (Å²) in [5.41, 5.74) is 0.394. The SMILES string of the molecule is CC(Cc1ccco1)NC(=O)C1CCCN1C(=O)c1cc(Cl)cc(Cl)c1. The molecular weight excluding hydrogens is 375 g/mol. The lowest BCUT2D eigenvalue weighted by molar-refractivity contribution is -0.125. The van der Waals surface area contributed by atoms with E-state index in [2.05, 4.69) is 5.32 Å². The number of rotatable bonds is 5. The van der Waals surface area contributed by atoms with Gasteiger partial charge in [0.1, 0.15) is 11.8 Å². The number of amides is 2. The van der Waals surface area contributed by atoms with Crippen LogP contribution in [0.3, 0.4) is 0 Å². The summed E-state index contributed by atoms with van der Waals surface area (Å²) in [4.78, 5) is 27.1. The van der Waals surface area contributed by atoms with Gasteiger partial charge < -0.3 is 14.6 Å². The van der Waals surface area contributed by atoms with Crippen LogP contribution in [0, 0.1) is 0 Å². The van der Waals surface area contributed by atoms with Crippen LogP contribution in [0.2, 0.25) is 10.0 Å². The van der Waals surface area contributed by atoms with E-state index in [-0.39, 0.29) is 17.9 Å². The predicted octanol–water partition coefficient (Wildman–Crippen LogP) is 3.94. The summed E-state index contributed by atoms with van der Waals surface area (Å²) in [5.74, 6) is 0.430. The molecule has 1 aromatic heterocycles. The Labute approximate surface area is 162 Å². The van der Waals surface area contributed by atoms with Gasteiger partial charge in [0.25, 0.3) is 5.91 Å². The fourth-order valence-corrected chi connectivity index (χ4v) is 3.77. The van der Waals surface area contributed by atoms with E-state index < -0.39 is 6.04 Å². The summed E-state index contributed by atoms with van der Waals surface area (Å²) < 4.78 is 5.31. The van der Waals surface area contributed by atoms with Gasteiger partial charge >= 0.3 is 0 Å². The Kier molecular flexibility index (Phi) is 5.89. The second-order valence-electron chi connectivity index (χ2n) is 6.51.